The van der Waals surface area contributed by atoms with E-state index in [1.807, 2.05) is 30.3 Å². The Morgan fingerprint density at radius 2 is 1.90 bits per heavy atom. The van der Waals surface area contributed by atoms with Gasteiger partial charge in [0.1, 0.15) is 12.6 Å². The molecule has 0 aliphatic carbocycles. The first-order chi connectivity index (χ1) is 9.97. The van der Waals surface area contributed by atoms with E-state index in [9.17, 15) is 14.7 Å². The molecule has 0 saturated heterocycles. The van der Waals surface area contributed by atoms with E-state index in [-0.39, 0.29) is 19.1 Å². The van der Waals surface area contributed by atoms with Gasteiger partial charge in [0, 0.05) is 20.1 Å². The van der Waals surface area contributed by atoms with Crippen molar-refractivity contribution in [1.29, 1.82) is 0 Å². The summed E-state index contributed by atoms with van der Waals surface area (Å²) < 4.78 is 10.1. The van der Waals surface area contributed by atoms with Crippen LogP contribution in [0.4, 0.5) is 4.79 Å². The van der Waals surface area contributed by atoms with Gasteiger partial charge in [-0.25, -0.2) is 9.59 Å². The second kappa shape index (κ2) is 8.26. The molecule has 0 spiro atoms. The Morgan fingerprint density at radius 3 is 2.43 bits per heavy atom. The normalized spacial score (nSPS) is 13.3. The Balaban J connectivity index is 2.63. The van der Waals surface area contributed by atoms with Gasteiger partial charge < -0.3 is 14.6 Å². The van der Waals surface area contributed by atoms with Gasteiger partial charge >= 0.3 is 12.1 Å². The second-order valence-corrected chi connectivity index (χ2v) is 4.87. The van der Waals surface area contributed by atoms with Crippen LogP contribution in [0.15, 0.2) is 30.3 Å². The number of carbonyl (C=O) groups excluding carboxylic acids is 1. The number of rotatable bonds is 7. The smallest absolute Gasteiger partial charge is 0.410 e. The lowest BCUT2D eigenvalue weighted by atomic mass is 10.0. The van der Waals surface area contributed by atoms with Gasteiger partial charge in [-0.2, -0.15) is 0 Å². The average molecular weight is 295 g/mol. The Morgan fingerprint density at radius 1 is 1.29 bits per heavy atom. The van der Waals surface area contributed by atoms with Gasteiger partial charge in [-0.05, 0) is 5.56 Å². The molecule has 2 unspecified atom stereocenters. The van der Waals surface area contributed by atoms with Crippen LogP contribution < -0.4 is 0 Å². The Bertz CT molecular complexity index is 462. The number of likely N-dealkylation sites (N-methyl/N-ethyl adjacent to an activating group) is 1. The van der Waals surface area contributed by atoms with Crippen molar-refractivity contribution in [3.63, 3.8) is 0 Å². The maximum atomic E-state index is 12.0. The minimum atomic E-state index is -1.08. The van der Waals surface area contributed by atoms with Gasteiger partial charge in [-0.1, -0.05) is 37.3 Å². The van der Waals surface area contributed by atoms with Crippen LogP contribution in [0, 0.1) is 5.92 Å². The summed E-state index contributed by atoms with van der Waals surface area (Å²) in [6.45, 7) is 2.06. The zero-order valence-corrected chi connectivity index (χ0v) is 12.5. The highest BCUT2D eigenvalue weighted by molar-refractivity contribution is 5.80. The third-order valence-corrected chi connectivity index (χ3v) is 3.13. The molecule has 1 aromatic carbocycles. The highest BCUT2D eigenvalue weighted by Gasteiger charge is 2.32. The molecule has 0 heterocycles. The van der Waals surface area contributed by atoms with Crippen LogP contribution >= 0.6 is 0 Å². The summed E-state index contributed by atoms with van der Waals surface area (Å²) in [5, 5.41) is 9.27. The lowest BCUT2D eigenvalue weighted by Gasteiger charge is -2.28. The highest BCUT2D eigenvalue weighted by atomic mass is 16.6. The molecular weight excluding hydrogens is 274 g/mol. The molecule has 0 bridgehead atoms. The number of ether oxygens (including phenoxy) is 2. The number of benzene rings is 1. The molecule has 0 radical (unpaired) electrons. The Kier molecular flexibility index (Phi) is 6.68. The first kappa shape index (κ1) is 17.0. The van der Waals surface area contributed by atoms with Gasteiger partial charge in [-0.3, -0.25) is 4.90 Å². The summed E-state index contributed by atoms with van der Waals surface area (Å²) in [4.78, 5) is 24.4. The molecule has 1 N–H and O–H groups in total. The van der Waals surface area contributed by atoms with Crippen molar-refractivity contribution in [3.8, 4) is 0 Å². The third kappa shape index (κ3) is 5.07. The number of amides is 1. The molecular formula is C15H21NO5. The fourth-order valence-electron chi connectivity index (χ4n) is 2.08. The second-order valence-electron chi connectivity index (χ2n) is 4.87. The SMILES string of the molecule is COCC(C)C(C(=O)O)N(C)C(=O)OCc1ccccc1. The summed E-state index contributed by atoms with van der Waals surface area (Å²) in [5.41, 5.74) is 0.844. The molecule has 2 atom stereocenters. The van der Waals surface area contributed by atoms with Crippen molar-refractivity contribution in [2.75, 3.05) is 20.8 Å². The third-order valence-electron chi connectivity index (χ3n) is 3.13. The van der Waals surface area contributed by atoms with Crippen LogP contribution in [0.5, 0.6) is 0 Å². The van der Waals surface area contributed by atoms with Crippen molar-refractivity contribution in [1.82, 2.24) is 4.90 Å². The Hall–Kier alpha value is -2.08. The van der Waals surface area contributed by atoms with Crippen LogP contribution in [0.1, 0.15) is 12.5 Å². The fraction of sp³-hybridized carbons (Fsp3) is 0.467. The minimum absolute atomic E-state index is 0.106. The molecule has 116 valence electrons. The van der Waals surface area contributed by atoms with Gasteiger partial charge in [0.25, 0.3) is 0 Å². The number of carboxylic acid groups (broad SMARTS) is 1. The van der Waals surface area contributed by atoms with Gasteiger partial charge in [0.2, 0.25) is 0 Å². The monoisotopic (exact) mass is 295 g/mol. The lowest BCUT2D eigenvalue weighted by Crippen LogP contribution is -2.47. The average Bonchev–Trinajstić information content (AvgIpc) is 2.45. The quantitative estimate of drug-likeness (QED) is 0.832. The van der Waals surface area contributed by atoms with E-state index < -0.39 is 18.1 Å². The van der Waals surface area contributed by atoms with E-state index in [1.165, 1.54) is 14.2 Å². The number of methoxy groups -OCH3 is 1. The van der Waals surface area contributed by atoms with Crippen LogP contribution in [-0.2, 0) is 20.9 Å². The van der Waals surface area contributed by atoms with E-state index >= 15 is 0 Å². The number of aliphatic carboxylic acids is 1. The molecule has 1 amide bonds. The molecule has 1 aromatic rings. The predicted octanol–water partition coefficient (Wildman–Crippen LogP) is 1.99. The molecule has 1 rings (SSSR count). The van der Waals surface area contributed by atoms with Crippen LogP contribution in [0.2, 0.25) is 0 Å². The van der Waals surface area contributed by atoms with Crippen molar-refractivity contribution in [2.45, 2.75) is 19.6 Å². The van der Waals surface area contributed by atoms with Crippen molar-refractivity contribution < 1.29 is 24.2 Å². The van der Waals surface area contributed by atoms with Crippen molar-refractivity contribution in [2.24, 2.45) is 5.92 Å². The van der Waals surface area contributed by atoms with Crippen molar-refractivity contribution in [3.05, 3.63) is 35.9 Å². The first-order valence-corrected chi connectivity index (χ1v) is 6.62. The largest absolute Gasteiger partial charge is 0.480 e. The standard InChI is InChI=1S/C15H21NO5/c1-11(9-20-3)13(14(17)18)16(2)15(19)21-10-12-7-5-4-6-8-12/h4-8,11,13H,9-10H2,1-3H3,(H,17,18). The summed E-state index contributed by atoms with van der Waals surface area (Å²) >= 11 is 0. The van der Waals surface area contributed by atoms with Gasteiger partial charge in [0.15, 0.2) is 0 Å². The van der Waals surface area contributed by atoms with E-state index in [0.717, 1.165) is 10.5 Å². The predicted molar refractivity (Wildman–Crippen MR) is 76.9 cm³/mol. The van der Waals surface area contributed by atoms with Crippen LogP contribution in [0.25, 0.3) is 0 Å². The summed E-state index contributed by atoms with van der Waals surface area (Å²) in [6.07, 6.45) is -0.672. The number of carboxylic acids is 1. The van der Waals surface area contributed by atoms with E-state index in [2.05, 4.69) is 0 Å². The molecule has 0 aromatic heterocycles. The van der Waals surface area contributed by atoms with Crippen molar-refractivity contribution >= 4 is 12.1 Å². The van der Waals surface area contributed by atoms with E-state index in [1.54, 1.807) is 6.92 Å². The summed E-state index contributed by atoms with van der Waals surface area (Å²) in [5.74, 6) is -1.43. The highest BCUT2D eigenvalue weighted by Crippen LogP contribution is 2.13. The number of hydrogen-bond acceptors (Lipinski definition) is 4. The molecule has 6 heteroatoms. The molecule has 21 heavy (non-hydrogen) atoms. The van der Waals surface area contributed by atoms with Gasteiger partial charge in [0.05, 0.1) is 6.61 Å². The maximum Gasteiger partial charge on any atom is 0.410 e. The Labute approximate surface area is 124 Å². The topological polar surface area (TPSA) is 76.1 Å². The molecule has 0 aliphatic heterocycles. The molecule has 0 aliphatic rings. The number of nitrogens with zero attached hydrogens (tertiary/aromatic N) is 1. The zero-order valence-electron chi connectivity index (χ0n) is 12.5. The van der Waals surface area contributed by atoms with Gasteiger partial charge in [-0.15, -0.1) is 0 Å². The zero-order chi connectivity index (χ0) is 15.8. The lowest BCUT2D eigenvalue weighted by molar-refractivity contribution is -0.144. The number of hydrogen-bond donors (Lipinski definition) is 1. The number of carbonyl (C=O) groups is 2. The summed E-state index contributed by atoms with van der Waals surface area (Å²) in [6, 6.07) is 8.21. The molecule has 0 saturated carbocycles. The molecule has 6 nitrogen and oxygen atoms in total. The van der Waals surface area contributed by atoms with Crippen LogP contribution in [0.3, 0.4) is 0 Å². The van der Waals surface area contributed by atoms with Crippen LogP contribution in [-0.4, -0.2) is 48.9 Å². The summed E-state index contributed by atoms with van der Waals surface area (Å²) in [7, 11) is 2.90. The van der Waals surface area contributed by atoms with E-state index in [0.29, 0.717) is 0 Å². The molecule has 0 fully saturated rings. The fourth-order valence-corrected chi connectivity index (χ4v) is 2.08. The first-order valence-electron chi connectivity index (χ1n) is 6.62. The minimum Gasteiger partial charge on any atom is -0.480 e. The maximum absolute atomic E-state index is 12.0. The van der Waals surface area contributed by atoms with E-state index in [4.69, 9.17) is 9.47 Å².